The highest BCUT2D eigenvalue weighted by Crippen LogP contribution is 2.44. The maximum Gasteiger partial charge on any atom is 0.308 e. The van der Waals surface area contributed by atoms with Crippen molar-refractivity contribution < 1.29 is 23.6 Å². The Hall–Kier alpha value is -2.77. The van der Waals surface area contributed by atoms with E-state index in [-0.39, 0.29) is 37.0 Å². The summed E-state index contributed by atoms with van der Waals surface area (Å²) in [5, 5.41) is 13.3. The van der Waals surface area contributed by atoms with E-state index in [2.05, 4.69) is 10.1 Å². The second-order valence-corrected chi connectivity index (χ2v) is 7.72. The minimum atomic E-state index is -0.816. The summed E-state index contributed by atoms with van der Waals surface area (Å²) in [5.41, 5.74) is 1.14. The third kappa shape index (κ3) is 3.76. The van der Waals surface area contributed by atoms with Gasteiger partial charge >= 0.3 is 5.97 Å². The number of halogens is 1. The zero-order valence-corrected chi connectivity index (χ0v) is 15.6. The molecule has 1 saturated carbocycles. The van der Waals surface area contributed by atoms with Gasteiger partial charge < -0.3 is 14.5 Å². The van der Waals surface area contributed by atoms with Gasteiger partial charge in [-0.05, 0) is 55.4 Å². The summed E-state index contributed by atoms with van der Waals surface area (Å²) in [5.74, 6) is -0.477. The number of hydrogen-bond donors (Lipinski definition) is 1. The Labute approximate surface area is 161 Å². The van der Waals surface area contributed by atoms with Crippen LogP contribution >= 0.6 is 0 Å². The Morgan fingerprint density at radius 1 is 1.32 bits per heavy atom. The van der Waals surface area contributed by atoms with Crippen LogP contribution in [-0.4, -0.2) is 45.1 Å². The Kier molecular flexibility index (Phi) is 4.87. The van der Waals surface area contributed by atoms with E-state index in [9.17, 15) is 19.1 Å². The van der Waals surface area contributed by atoms with Gasteiger partial charge in [-0.3, -0.25) is 9.59 Å². The Balaban J connectivity index is 1.36. The molecule has 2 atom stereocenters. The first-order chi connectivity index (χ1) is 13.4. The van der Waals surface area contributed by atoms with Crippen molar-refractivity contribution in [3.8, 4) is 11.4 Å². The fraction of sp³-hybridized carbons (Fsp3) is 0.500. The lowest BCUT2D eigenvalue weighted by Crippen LogP contribution is -2.30. The summed E-state index contributed by atoms with van der Waals surface area (Å²) in [6.07, 6.45) is 2.59. The van der Waals surface area contributed by atoms with Crippen molar-refractivity contribution in [2.75, 3.05) is 13.1 Å². The number of aromatic nitrogens is 2. The number of nitrogens with zero attached hydrogens (tertiary/aromatic N) is 3. The zero-order chi connectivity index (χ0) is 19.8. The number of aryl methyl sites for hydroxylation is 2. The van der Waals surface area contributed by atoms with Crippen molar-refractivity contribution in [2.45, 2.75) is 32.6 Å². The molecule has 0 bridgehead atoms. The lowest BCUT2D eigenvalue weighted by Gasteiger charge is -2.15. The summed E-state index contributed by atoms with van der Waals surface area (Å²) >= 11 is 0. The molecule has 2 heterocycles. The molecule has 2 aliphatic rings. The molecule has 1 aromatic carbocycles. The number of rotatable bonds is 6. The summed E-state index contributed by atoms with van der Waals surface area (Å²) in [6.45, 7) is 2.46. The predicted octanol–water partition coefficient (Wildman–Crippen LogP) is 2.69. The van der Waals surface area contributed by atoms with E-state index in [0.717, 1.165) is 12.8 Å². The van der Waals surface area contributed by atoms with Gasteiger partial charge in [0, 0.05) is 31.5 Å². The number of aliphatic carboxylic acids is 1. The molecule has 1 N–H and O–H groups in total. The molecule has 1 amide bonds. The molecule has 2 fully saturated rings. The maximum absolute atomic E-state index is 13.4. The fourth-order valence-electron chi connectivity index (χ4n) is 3.93. The molecular formula is C20H22FN3O4. The second kappa shape index (κ2) is 7.33. The number of likely N-dealkylation sites (tertiary alicyclic amines) is 1. The Bertz CT molecular complexity index is 909. The molecule has 2 aromatic rings. The van der Waals surface area contributed by atoms with E-state index in [4.69, 9.17) is 4.52 Å². The topological polar surface area (TPSA) is 96.5 Å². The molecule has 0 radical (unpaired) electrons. The molecule has 1 aromatic heterocycles. The van der Waals surface area contributed by atoms with Gasteiger partial charge in [0.1, 0.15) is 5.82 Å². The van der Waals surface area contributed by atoms with E-state index in [1.807, 2.05) is 0 Å². The van der Waals surface area contributed by atoms with Crippen LogP contribution in [0.2, 0.25) is 0 Å². The monoisotopic (exact) mass is 387 g/mol. The minimum Gasteiger partial charge on any atom is -0.481 e. The molecule has 8 heteroatoms. The van der Waals surface area contributed by atoms with Crippen LogP contribution in [0.4, 0.5) is 4.39 Å². The van der Waals surface area contributed by atoms with Gasteiger partial charge in [-0.15, -0.1) is 0 Å². The largest absolute Gasteiger partial charge is 0.481 e. The van der Waals surface area contributed by atoms with E-state index < -0.39 is 11.9 Å². The number of benzene rings is 1. The maximum atomic E-state index is 13.4. The zero-order valence-electron chi connectivity index (χ0n) is 15.6. The van der Waals surface area contributed by atoms with Crippen molar-refractivity contribution in [3.63, 3.8) is 0 Å². The van der Waals surface area contributed by atoms with Gasteiger partial charge in [0.2, 0.25) is 17.6 Å². The van der Waals surface area contributed by atoms with E-state index in [0.29, 0.717) is 35.3 Å². The van der Waals surface area contributed by atoms with Crippen molar-refractivity contribution in [1.82, 2.24) is 15.0 Å². The average Bonchev–Trinajstić information content (AvgIpc) is 3.23. The van der Waals surface area contributed by atoms with Crippen LogP contribution < -0.4 is 0 Å². The predicted molar refractivity (Wildman–Crippen MR) is 96.7 cm³/mol. The first kappa shape index (κ1) is 18.6. The third-order valence-electron chi connectivity index (χ3n) is 5.70. The first-order valence-electron chi connectivity index (χ1n) is 9.52. The highest BCUT2D eigenvalue weighted by molar-refractivity contribution is 5.79. The standard InChI is InChI=1S/C20H22FN3O4/c1-11-8-13(4-5-16(11)21)19-22-17(28-23-19)6-7-18(25)24-9-14(12-2-3-12)15(10-24)20(26)27/h4-5,8,12,14-15H,2-3,6-7,9-10H2,1H3,(H,26,27)/t14-,15+/m1/s1. The number of amides is 1. The third-order valence-corrected chi connectivity index (χ3v) is 5.70. The van der Waals surface area contributed by atoms with Crippen LogP contribution in [0, 0.1) is 30.5 Å². The lowest BCUT2D eigenvalue weighted by atomic mass is 9.92. The summed E-state index contributed by atoms with van der Waals surface area (Å²) < 4.78 is 18.6. The van der Waals surface area contributed by atoms with Gasteiger partial charge in [-0.2, -0.15) is 4.98 Å². The molecular weight excluding hydrogens is 365 g/mol. The Morgan fingerprint density at radius 3 is 2.79 bits per heavy atom. The Morgan fingerprint density at radius 2 is 2.11 bits per heavy atom. The molecule has 4 rings (SSSR count). The number of carbonyl (C=O) groups is 2. The highest BCUT2D eigenvalue weighted by Gasteiger charge is 2.46. The van der Waals surface area contributed by atoms with Crippen molar-refractivity contribution in [1.29, 1.82) is 0 Å². The number of carbonyl (C=O) groups excluding carboxylic acids is 1. The SMILES string of the molecule is Cc1cc(-c2noc(CCC(=O)N3C[C@H](C(=O)O)[C@@H](C4CC4)C3)n2)ccc1F. The molecule has 0 spiro atoms. The average molecular weight is 387 g/mol. The van der Waals surface area contributed by atoms with Crippen LogP contribution in [0.15, 0.2) is 22.7 Å². The second-order valence-electron chi connectivity index (χ2n) is 7.72. The van der Waals surface area contributed by atoms with Gasteiger partial charge in [0.15, 0.2) is 0 Å². The summed E-state index contributed by atoms with van der Waals surface area (Å²) in [6, 6.07) is 4.58. The van der Waals surface area contributed by atoms with E-state index in [1.54, 1.807) is 24.0 Å². The minimum absolute atomic E-state index is 0.0678. The molecule has 0 unspecified atom stereocenters. The van der Waals surface area contributed by atoms with Gasteiger partial charge in [0.25, 0.3) is 0 Å². The summed E-state index contributed by atoms with van der Waals surface area (Å²) in [4.78, 5) is 30.0. The first-order valence-corrected chi connectivity index (χ1v) is 9.52. The van der Waals surface area contributed by atoms with Gasteiger partial charge in [-0.1, -0.05) is 5.16 Å². The van der Waals surface area contributed by atoms with E-state index in [1.165, 1.54) is 6.07 Å². The molecule has 1 aliphatic carbocycles. The highest BCUT2D eigenvalue weighted by atomic mass is 19.1. The van der Waals surface area contributed by atoms with Crippen LogP contribution in [0.25, 0.3) is 11.4 Å². The quantitative estimate of drug-likeness (QED) is 0.819. The molecule has 7 nitrogen and oxygen atoms in total. The molecule has 1 aliphatic heterocycles. The number of carboxylic acids is 1. The van der Waals surface area contributed by atoms with Gasteiger partial charge in [-0.25, -0.2) is 4.39 Å². The van der Waals surface area contributed by atoms with Gasteiger partial charge in [0.05, 0.1) is 5.92 Å². The van der Waals surface area contributed by atoms with Crippen LogP contribution in [0.1, 0.15) is 30.7 Å². The lowest BCUT2D eigenvalue weighted by molar-refractivity contribution is -0.142. The smallest absolute Gasteiger partial charge is 0.308 e. The van der Waals surface area contributed by atoms with Crippen LogP contribution in [-0.2, 0) is 16.0 Å². The molecule has 148 valence electrons. The van der Waals surface area contributed by atoms with Crippen molar-refractivity contribution in [3.05, 3.63) is 35.5 Å². The van der Waals surface area contributed by atoms with Crippen LogP contribution in [0.5, 0.6) is 0 Å². The normalized spacial score (nSPS) is 21.9. The van der Waals surface area contributed by atoms with Crippen LogP contribution in [0.3, 0.4) is 0 Å². The van der Waals surface area contributed by atoms with Crippen molar-refractivity contribution in [2.24, 2.45) is 17.8 Å². The molecule has 1 saturated heterocycles. The number of hydrogen-bond acceptors (Lipinski definition) is 5. The fourth-order valence-corrected chi connectivity index (χ4v) is 3.93. The summed E-state index contributed by atoms with van der Waals surface area (Å²) in [7, 11) is 0. The molecule has 28 heavy (non-hydrogen) atoms. The van der Waals surface area contributed by atoms with E-state index >= 15 is 0 Å². The van der Waals surface area contributed by atoms with Crippen molar-refractivity contribution >= 4 is 11.9 Å². The number of carboxylic acid groups (broad SMARTS) is 1.